The van der Waals surface area contributed by atoms with Crippen LogP contribution in [0, 0.1) is 0 Å². The number of hydrogen-bond acceptors (Lipinski definition) is 1. The maximum Gasteiger partial charge on any atom is 0.0833 e. The van der Waals surface area contributed by atoms with Gasteiger partial charge in [0.1, 0.15) is 0 Å². The van der Waals surface area contributed by atoms with Crippen LogP contribution in [0.15, 0.2) is 24.3 Å². The van der Waals surface area contributed by atoms with Gasteiger partial charge in [-0.05, 0) is 32.1 Å². The summed E-state index contributed by atoms with van der Waals surface area (Å²) in [7, 11) is 0. The molecule has 1 aliphatic carbocycles. The minimum atomic E-state index is -0.488. The van der Waals surface area contributed by atoms with E-state index in [0.29, 0.717) is 0 Å². The van der Waals surface area contributed by atoms with Crippen molar-refractivity contribution in [1.82, 2.24) is 0 Å². The highest BCUT2D eigenvalue weighted by Gasteiger charge is 2.24. The molecule has 1 aliphatic rings. The maximum absolute atomic E-state index is 9.87. The van der Waals surface area contributed by atoms with E-state index in [0.717, 1.165) is 32.1 Å². The average Bonchev–Trinajstić information content (AvgIpc) is 2.47. The Hall–Kier alpha value is -0.560. The van der Waals surface area contributed by atoms with Crippen molar-refractivity contribution in [3.8, 4) is 0 Å². The fraction of sp³-hybridized carbons (Fsp3) is 0.636. The molecule has 1 atom stereocenters. The van der Waals surface area contributed by atoms with Crippen molar-refractivity contribution in [2.45, 2.75) is 44.6 Å². The summed E-state index contributed by atoms with van der Waals surface area (Å²) in [5.74, 6) is 0. The van der Waals surface area contributed by atoms with E-state index in [1.807, 2.05) is 6.08 Å². The van der Waals surface area contributed by atoms with Crippen LogP contribution >= 0.6 is 0 Å². The molecule has 0 aromatic rings. The summed E-state index contributed by atoms with van der Waals surface area (Å²) in [5, 5.41) is 9.87. The van der Waals surface area contributed by atoms with Gasteiger partial charge < -0.3 is 5.11 Å². The molecule has 1 N–H and O–H groups in total. The van der Waals surface area contributed by atoms with E-state index in [1.54, 1.807) is 0 Å². The van der Waals surface area contributed by atoms with E-state index >= 15 is 0 Å². The zero-order valence-corrected chi connectivity index (χ0v) is 7.79. The van der Waals surface area contributed by atoms with Gasteiger partial charge in [0, 0.05) is 0 Å². The summed E-state index contributed by atoms with van der Waals surface area (Å²) >= 11 is 0. The lowest BCUT2D eigenvalue weighted by Crippen LogP contribution is -2.21. The molecule has 0 radical (unpaired) electrons. The Labute approximate surface area is 74.8 Å². The molecule has 0 aromatic heterocycles. The molecule has 1 heteroatoms. The minimum absolute atomic E-state index is 0.488. The highest BCUT2D eigenvalue weighted by molar-refractivity contribution is 5.08. The van der Waals surface area contributed by atoms with Crippen LogP contribution in [0.3, 0.4) is 0 Å². The SMILES string of the molecule is CCC=CCCC1(O)C=CCC1. The van der Waals surface area contributed by atoms with Crippen LogP contribution in [-0.2, 0) is 0 Å². The molecular weight excluding hydrogens is 148 g/mol. The summed E-state index contributed by atoms with van der Waals surface area (Å²) in [4.78, 5) is 0. The van der Waals surface area contributed by atoms with E-state index in [9.17, 15) is 5.11 Å². The lowest BCUT2D eigenvalue weighted by Gasteiger charge is -2.18. The Balaban J connectivity index is 2.22. The van der Waals surface area contributed by atoms with Crippen LogP contribution in [-0.4, -0.2) is 10.7 Å². The molecule has 0 fully saturated rings. The molecule has 68 valence electrons. The Morgan fingerprint density at radius 2 is 2.33 bits per heavy atom. The van der Waals surface area contributed by atoms with Crippen molar-refractivity contribution in [3.05, 3.63) is 24.3 Å². The van der Waals surface area contributed by atoms with Crippen LogP contribution in [0.1, 0.15) is 39.0 Å². The number of aliphatic hydroxyl groups is 1. The second-order valence-corrected chi connectivity index (χ2v) is 3.46. The Kier molecular flexibility index (Phi) is 3.54. The first kappa shape index (κ1) is 9.53. The van der Waals surface area contributed by atoms with Gasteiger partial charge in [0.15, 0.2) is 0 Å². The van der Waals surface area contributed by atoms with E-state index < -0.39 is 5.60 Å². The monoisotopic (exact) mass is 166 g/mol. The Bertz CT molecular complexity index is 181. The molecule has 0 heterocycles. The molecule has 1 unspecified atom stereocenters. The first-order valence-electron chi connectivity index (χ1n) is 4.82. The normalized spacial score (nSPS) is 28.8. The van der Waals surface area contributed by atoms with Crippen LogP contribution < -0.4 is 0 Å². The average molecular weight is 166 g/mol. The first-order valence-corrected chi connectivity index (χ1v) is 4.82. The van der Waals surface area contributed by atoms with Gasteiger partial charge in [-0.1, -0.05) is 31.2 Å². The molecular formula is C11H18O. The Morgan fingerprint density at radius 1 is 1.50 bits per heavy atom. The van der Waals surface area contributed by atoms with Crippen LogP contribution in [0.4, 0.5) is 0 Å². The second kappa shape index (κ2) is 4.46. The van der Waals surface area contributed by atoms with Crippen LogP contribution in [0.2, 0.25) is 0 Å². The van der Waals surface area contributed by atoms with Gasteiger partial charge in [0.05, 0.1) is 5.60 Å². The van der Waals surface area contributed by atoms with E-state index in [1.165, 1.54) is 0 Å². The summed E-state index contributed by atoms with van der Waals surface area (Å²) in [6.45, 7) is 2.13. The second-order valence-electron chi connectivity index (χ2n) is 3.46. The molecule has 0 bridgehead atoms. The zero-order chi connectivity index (χ0) is 8.86. The summed E-state index contributed by atoms with van der Waals surface area (Å²) in [5.41, 5.74) is -0.488. The molecule has 0 spiro atoms. The quantitative estimate of drug-likeness (QED) is 0.637. The van der Waals surface area contributed by atoms with Gasteiger partial charge in [-0.15, -0.1) is 0 Å². The summed E-state index contributed by atoms with van der Waals surface area (Å²) in [6, 6.07) is 0. The zero-order valence-electron chi connectivity index (χ0n) is 7.79. The van der Waals surface area contributed by atoms with E-state index in [4.69, 9.17) is 0 Å². The minimum Gasteiger partial charge on any atom is -0.386 e. The lowest BCUT2D eigenvalue weighted by atomic mass is 9.97. The standard InChI is InChI=1S/C11H18O/c1-2-3-4-5-8-11(12)9-6-7-10-11/h3-4,6,9,12H,2,5,7-8,10H2,1H3. The highest BCUT2D eigenvalue weighted by atomic mass is 16.3. The fourth-order valence-electron chi connectivity index (χ4n) is 1.55. The van der Waals surface area contributed by atoms with E-state index in [2.05, 4.69) is 25.2 Å². The van der Waals surface area contributed by atoms with Crippen LogP contribution in [0.25, 0.3) is 0 Å². The van der Waals surface area contributed by atoms with Crippen molar-refractivity contribution < 1.29 is 5.11 Å². The van der Waals surface area contributed by atoms with Crippen molar-refractivity contribution >= 4 is 0 Å². The molecule has 1 nitrogen and oxygen atoms in total. The third kappa shape index (κ3) is 2.82. The topological polar surface area (TPSA) is 20.2 Å². The molecule has 1 rings (SSSR count). The van der Waals surface area contributed by atoms with Crippen molar-refractivity contribution in [3.63, 3.8) is 0 Å². The van der Waals surface area contributed by atoms with Gasteiger partial charge in [-0.2, -0.15) is 0 Å². The molecule has 0 aliphatic heterocycles. The van der Waals surface area contributed by atoms with Crippen molar-refractivity contribution in [1.29, 1.82) is 0 Å². The van der Waals surface area contributed by atoms with Crippen molar-refractivity contribution in [2.24, 2.45) is 0 Å². The van der Waals surface area contributed by atoms with Gasteiger partial charge in [-0.25, -0.2) is 0 Å². The third-order valence-electron chi connectivity index (χ3n) is 2.32. The van der Waals surface area contributed by atoms with E-state index in [-0.39, 0.29) is 0 Å². The van der Waals surface area contributed by atoms with Gasteiger partial charge >= 0.3 is 0 Å². The van der Waals surface area contributed by atoms with Gasteiger partial charge in [0.25, 0.3) is 0 Å². The summed E-state index contributed by atoms with van der Waals surface area (Å²) in [6.07, 6.45) is 13.2. The lowest BCUT2D eigenvalue weighted by molar-refractivity contribution is 0.0826. The molecule has 0 saturated heterocycles. The molecule has 12 heavy (non-hydrogen) atoms. The predicted molar refractivity (Wildman–Crippen MR) is 52.0 cm³/mol. The Morgan fingerprint density at radius 3 is 2.92 bits per heavy atom. The first-order chi connectivity index (χ1) is 5.77. The number of rotatable bonds is 4. The third-order valence-corrected chi connectivity index (χ3v) is 2.32. The fourth-order valence-corrected chi connectivity index (χ4v) is 1.55. The largest absolute Gasteiger partial charge is 0.386 e. The highest BCUT2D eigenvalue weighted by Crippen LogP contribution is 2.27. The summed E-state index contributed by atoms with van der Waals surface area (Å²) < 4.78 is 0. The molecule has 0 amide bonds. The predicted octanol–water partition coefficient (Wildman–Crippen LogP) is 2.81. The number of allylic oxidation sites excluding steroid dienone is 3. The number of hydrogen-bond donors (Lipinski definition) is 1. The molecule has 0 saturated carbocycles. The van der Waals surface area contributed by atoms with Crippen molar-refractivity contribution in [2.75, 3.05) is 0 Å². The van der Waals surface area contributed by atoms with Gasteiger partial charge in [-0.3, -0.25) is 0 Å². The smallest absolute Gasteiger partial charge is 0.0833 e. The molecule has 0 aromatic carbocycles. The van der Waals surface area contributed by atoms with Gasteiger partial charge in [0.2, 0.25) is 0 Å². The maximum atomic E-state index is 9.87. The van der Waals surface area contributed by atoms with Crippen LogP contribution in [0.5, 0.6) is 0 Å².